The third kappa shape index (κ3) is 3.39. The van der Waals surface area contributed by atoms with E-state index in [1.807, 2.05) is 13.0 Å². The second kappa shape index (κ2) is 5.92. The fourth-order valence-corrected chi connectivity index (χ4v) is 4.03. The molecule has 1 heterocycles. The van der Waals surface area contributed by atoms with Crippen LogP contribution in [-0.2, 0) is 0 Å². The average Bonchev–Trinajstić information content (AvgIpc) is 2.45. The second-order valence-electron chi connectivity index (χ2n) is 2.76. The van der Waals surface area contributed by atoms with Gasteiger partial charge in [0.2, 0.25) is 0 Å². The smallest absolute Gasteiger partial charge is 0.0818 e. The monoisotopic (exact) mass is 336 g/mol. The fraction of sp³-hybridized carbons (Fsp3) is 0.400. The first kappa shape index (κ1) is 12.3. The molecule has 0 saturated carbocycles. The highest BCUT2D eigenvalue weighted by Gasteiger charge is 2.13. The predicted molar refractivity (Wildman–Crippen MR) is 67.4 cm³/mol. The topological polar surface area (TPSA) is 20.2 Å². The Morgan fingerprint density at radius 2 is 2.29 bits per heavy atom. The van der Waals surface area contributed by atoms with E-state index in [4.69, 9.17) is 0 Å². The molecule has 0 aliphatic carbocycles. The Balaban J connectivity index is 2.62. The van der Waals surface area contributed by atoms with E-state index in [-0.39, 0.29) is 0 Å². The molecule has 1 nitrogen and oxygen atoms in total. The second-order valence-corrected chi connectivity index (χ2v) is 6.51. The van der Waals surface area contributed by atoms with Crippen LogP contribution in [-0.4, -0.2) is 5.11 Å². The van der Waals surface area contributed by atoms with E-state index in [0.717, 1.165) is 19.6 Å². The molecule has 0 amide bonds. The van der Waals surface area contributed by atoms with Gasteiger partial charge in [-0.3, -0.25) is 0 Å². The Bertz CT molecular complexity index is 362. The third-order valence-corrected chi connectivity index (χ3v) is 4.15. The number of hydrogen-bond donors (Lipinski definition) is 1. The van der Waals surface area contributed by atoms with Crippen molar-refractivity contribution in [2.24, 2.45) is 0 Å². The van der Waals surface area contributed by atoms with Crippen molar-refractivity contribution >= 4 is 43.2 Å². The van der Waals surface area contributed by atoms with Gasteiger partial charge in [-0.15, -0.1) is 23.2 Å². The maximum Gasteiger partial charge on any atom is 0.0818 e. The largest absolute Gasteiger partial charge is 0.388 e. The lowest BCUT2D eigenvalue weighted by atomic mass is 10.1. The van der Waals surface area contributed by atoms with Gasteiger partial charge >= 0.3 is 0 Å². The molecule has 0 bridgehead atoms. The van der Waals surface area contributed by atoms with Gasteiger partial charge in [-0.1, -0.05) is 0 Å². The van der Waals surface area contributed by atoms with E-state index in [9.17, 15) is 5.11 Å². The summed E-state index contributed by atoms with van der Waals surface area (Å²) in [6.07, 6.45) is 0.993. The lowest BCUT2D eigenvalue weighted by molar-refractivity contribution is 0.169. The summed E-state index contributed by atoms with van der Waals surface area (Å²) in [5.41, 5.74) is 0.944. The van der Waals surface area contributed by atoms with E-state index < -0.39 is 6.10 Å². The molecular formula is C10H10Br2OS. The molecule has 1 N–H and O–H groups in total. The summed E-state index contributed by atoms with van der Waals surface area (Å²) < 4.78 is 2.02. The molecule has 0 aliphatic heterocycles. The van der Waals surface area contributed by atoms with Gasteiger partial charge in [0.25, 0.3) is 0 Å². The van der Waals surface area contributed by atoms with Gasteiger partial charge in [-0.25, -0.2) is 0 Å². The Morgan fingerprint density at radius 3 is 2.79 bits per heavy atom. The zero-order chi connectivity index (χ0) is 10.6. The summed E-state index contributed by atoms with van der Waals surface area (Å²) in [5.74, 6) is 5.76. The van der Waals surface area contributed by atoms with Crippen molar-refractivity contribution in [3.05, 3.63) is 19.2 Å². The molecule has 0 spiro atoms. The molecule has 0 aliphatic rings. The molecule has 1 aromatic heterocycles. The molecular weight excluding hydrogens is 328 g/mol. The zero-order valence-corrected chi connectivity index (χ0v) is 11.7. The predicted octanol–water partition coefficient (Wildman–Crippen LogP) is 4.11. The van der Waals surface area contributed by atoms with E-state index in [0.29, 0.717) is 6.42 Å². The lowest BCUT2D eigenvalue weighted by Gasteiger charge is -2.06. The fourth-order valence-electron chi connectivity index (χ4n) is 1.07. The van der Waals surface area contributed by atoms with Gasteiger partial charge in [-0.05, 0) is 51.3 Å². The quantitative estimate of drug-likeness (QED) is 0.823. The van der Waals surface area contributed by atoms with E-state index in [2.05, 4.69) is 43.7 Å². The van der Waals surface area contributed by atoms with E-state index in [1.54, 1.807) is 11.3 Å². The average molecular weight is 338 g/mol. The minimum Gasteiger partial charge on any atom is -0.388 e. The molecule has 4 heteroatoms. The van der Waals surface area contributed by atoms with Crippen LogP contribution in [0.1, 0.15) is 31.4 Å². The molecule has 1 atom stereocenters. The summed E-state index contributed by atoms with van der Waals surface area (Å²) in [4.78, 5) is 0. The van der Waals surface area contributed by atoms with Crippen LogP contribution in [0.25, 0.3) is 0 Å². The molecule has 0 aromatic carbocycles. The SMILES string of the molecule is CC#CCCC(O)c1cc(Br)sc1Br. The maximum absolute atomic E-state index is 9.83. The minimum absolute atomic E-state index is 0.423. The number of hydrogen-bond acceptors (Lipinski definition) is 2. The Labute approximate surface area is 105 Å². The maximum atomic E-state index is 9.83. The van der Waals surface area contributed by atoms with Crippen LogP contribution < -0.4 is 0 Å². The van der Waals surface area contributed by atoms with Crippen molar-refractivity contribution in [1.29, 1.82) is 0 Å². The first-order chi connectivity index (χ1) is 6.65. The minimum atomic E-state index is -0.423. The number of halogens is 2. The van der Waals surface area contributed by atoms with E-state index >= 15 is 0 Å². The number of aliphatic hydroxyl groups is 1. The van der Waals surface area contributed by atoms with Crippen LogP contribution in [0.3, 0.4) is 0 Å². The van der Waals surface area contributed by atoms with Crippen molar-refractivity contribution in [2.75, 3.05) is 0 Å². The highest BCUT2D eigenvalue weighted by Crippen LogP contribution is 2.36. The molecule has 0 fully saturated rings. The molecule has 0 radical (unpaired) electrons. The van der Waals surface area contributed by atoms with Crippen molar-refractivity contribution < 1.29 is 5.11 Å². The highest BCUT2D eigenvalue weighted by atomic mass is 79.9. The summed E-state index contributed by atoms with van der Waals surface area (Å²) in [6.45, 7) is 1.81. The van der Waals surface area contributed by atoms with Gasteiger partial charge in [0.1, 0.15) is 0 Å². The Kier molecular flexibility index (Phi) is 5.18. The molecule has 1 rings (SSSR count). The highest BCUT2D eigenvalue weighted by molar-refractivity contribution is 9.12. The normalized spacial score (nSPS) is 12.0. The zero-order valence-electron chi connectivity index (χ0n) is 7.68. The number of rotatable bonds is 3. The molecule has 1 aromatic rings. The van der Waals surface area contributed by atoms with Crippen molar-refractivity contribution in [3.63, 3.8) is 0 Å². The summed E-state index contributed by atoms with van der Waals surface area (Å²) in [6, 6.07) is 1.94. The molecule has 14 heavy (non-hydrogen) atoms. The van der Waals surface area contributed by atoms with Crippen molar-refractivity contribution in [3.8, 4) is 11.8 Å². The van der Waals surface area contributed by atoms with Crippen LogP contribution in [0.15, 0.2) is 13.6 Å². The van der Waals surface area contributed by atoms with Gasteiger partial charge in [0.05, 0.1) is 13.7 Å². The lowest BCUT2D eigenvalue weighted by Crippen LogP contribution is -1.95. The Morgan fingerprint density at radius 1 is 1.57 bits per heavy atom. The van der Waals surface area contributed by atoms with Gasteiger partial charge in [0.15, 0.2) is 0 Å². The van der Waals surface area contributed by atoms with Crippen LogP contribution >= 0.6 is 43.2 Å². The van der Waals surface area contributed by atoms with Crippen molar-refractivity contribution in [2.45, 2.75) is 25.9 Å². The summed E-state index contributed by atoms with van der Waals surface area (Å²) in [7, 11) is 0. The van der Waals surface area contributed by atoms with Crippen LogP contribution in [0, 0.1) is 11.8 Å². The van der Waals surface area contributed by atoms with Gasteiger partial charge in [0, 0.05) is 12.0 Å². The summed E-state index contributed by atoms with van der Waals surface area (Å²) in [5, 5.41) is 9.83. The van der Waals surface area contributed by atoms with Crippen molar-refractivity contribution in [1.82, 2.24) is 0 Å². The van der Waals surface area contributed by atoms with Crippen LogP contribution in [0.4, 0.5) is 0 Å². The molecule has 76 valence electrons. The number of aliphatic hydroxyl groups excluding tert-OH is 1. The van der Waals surface area contributed by atoms with Gasteiger partial charge < -0.3 is 5.11 Å². The first-order valence-electron chi connectivity index (χ1n) is 4.17. The van der Waals surface area contributed by atoms with E-state index in [1.165, 1.54) is 0 Å². The van der Waals surface area contributed by atoms with Crippen LogP contribution in [0.5, 0.6) is 0 Å². The summed E-state index contributed by atoms with van der Waals surface area (Å²) >= 11 is 8.38. The number of thiophene rings is 1. The first-order valence-corrected chi connectivity index (χ1v) is 6.57. The van der Waals surface area contributed by atoms with Gasteiger partial charge in [-0.2, -0.15) is 0 Å². The molecule has 1 unspecified atom stereocenters. The van der Waals surface area contributed by atoms with Crippen LogP contribution in [0.2, 0.25) is 0 Å². The Hall–Kier alpha value is 0.180. The standard InChI is InChI=1S/C10H10Br2OS/c1-2-3-4-5-8(13)7-6-9(11)14-10(7)12/h6,8,13H,4-5H2,1H3. The molecule has 0 saturated heterocycles. The third-order valence-electron chi connectivity index (χ3n) is 1.76.